The molecule has 1 fully saturated rings. The fourth-order valence-corrected chi connectivity index (χ4v) is 3.25. The highest BCUT2D eigenvalue weighted by molar-refractivity contribution is 7.11. The van der Waals surface area contributed by atoms with Gasteiger partial charge < -0.3 is 14.9 Å². The molecule has 5 nitrogen and oxygen atoms in total. The zero-order valence-electron chi connectivity index (χ0n) is 12.3. The first-order valence-electron chi connectivity index (χ1n) is 6.92. The predicted octanol–water partition coefficient (Wildman–Crippen LogP) is 2.01. The molecule has 1 aromatic heterocycles. The molecular weight excluding hydrogens is 288 g/mol. The molecule has 1 aliphatic heterocycles. The van der Waals surface area contributed by atoms with Crippen molar-refractivity contribution in [2.45, 2.75) is 18.9 Å². The first-order chi connectivity index (χ1) is 9.97. The first kappa shape index (κ1) is 15.7. The van der Waals surface area contributed by atoms with E-state index >= 15 is 0 Å². The van der Waals surface area contributed by atoms with Crippen LogP contribution in [0.4, 0.5) is 0 Å². The SMILES string of the molecule is CN(C)C1CCN(C(=O)c2csc(C=CC(=O)O)c2)CC1. The topological polar surface area (TPSA) is 60.9 Å². The van der Waals surface area contributed by atoms with Gasteiger partial charge in [-0.2, -0.15) is 0 Å². The van der Waals surface area contributed by atoms with Crippen molar-refractivity contribution in [3.05, 3.63) is 28.0 Å². The average Bonchev–Trinajstić information content (AvgIpc) is 2.93. The Labute approximate surface area is 128 Å². The highest BCUT2D eigenvalue weighted by Crippen LogP contribution is 2.21. The van der Waals surface area contributed by atoms with Crippen LogP contribution in [0.3, 0.4) is 0 Å². The van der Waals surface area contributed by atoms with E-state index in [1.54, 1.807) is 11.4 Å². The van der Waals surface area contributed by atoms with Crippen LogP contribution in [0.25, 0.3) is 6.08 Å². The lowest BCUT2D eigenvalue weighted by Crippen LogP contribution is -2.44. The minimum Gasteiger partial charge on any atom is -0.478 e. The number of nitrogens with zero attached hydrogens (tertiary/aromatic N) is 2. The van der Waals surface area contributed by atoms with Gasteiger partial charge in [-0.25, -0.2) is 4.79 Å². The Morgan fingerprint density at radius 3 is 2.62 bits per heavy atom. The molecule has 1 N–H and O–H groups in total. The monoisotopic (exact) mass is 308 g/mol. The third kappa shape index (κ3) is 4.15. The van der Waals surface area contributed by atoms with E-state index in [0.29, 0.717) is 11.6 Å². The Kier molecular flexibility index (Phi) is 5.14. The summed E-state index contributed by atoms with van der Waals surface area (Å²) < 4.78 is 0. The largest absolute Gasteiger partial charge is 0.478 e. The maximum Gasteiger partial charge on any atom is 0.328 e. The number of amides is 1. The van der Waals surface area contributed by atoms with Crippen molar-refractivity contribution in [1.82, 2.24) is 9.80 Å². The normalized spacial score (nSPS) is 16.8. The van der Waals surface area contributed by atoms with Crippen LogP contribution in [0.2, 0.25) is 0 Å². The molecule has 2 heterocycles. The second kappa shape index (κ2) is 6.87. The molecule has 0 spiro atoms. The Morgan fingerprint density at radius 1 is 1.38 bits per heavy atom. The van der Waals surface area contributed by atoms with E-state index in [-0.39, 0.29) is 5.91 Å². The third-order valence-corrected chi connectivity index (χ3v) is 4.64. The molecule has 6 heteroatoms. The van der Waals surface area contributed by atoms with E-state index in [1.807, 2.05) is 4.90 Å². The second-order valence-electron chi connectivity index (χ2n) is 5.40. The fourth-order valence-electron chi connectivity index (χ4n) is 2.47. The molecule has 0 unspecified atom stereocenters. The molecule has 0 radical (unpaired) electrons. The van der Waals surface area contributed by atoms with Gasteiger partial charge in [0.1, 0.15) is 0 Å². The number of rotatable bonds is 4. The van der Waals surface area contributed by atoms with Crippen LogP contribution in [0.5, 0.6) is 0 Å². The molecule has 1 amide bonds. The highest BCUT2D eigenvalue weighted by Gasteiger charge is 2.24. The van der Waals surface area contributed by atoms with Crippen LogP contribution in [0.15, 0.2) is 17.5 Å². The number of thiophene rings is 1. The first-order valence-corrected chi connectivity index (χ1v) is 7.80. The van der Waals surface area contributed by atoms with Crippen molar-refractivity contribution in [2.24, 2.45) is 0 Å². The lowest BCUT2D eigenvalue weighted by atomic mass is 10.0. The maximum atomic E-state index is 12.4. The number of hydrogen-bond acceptors (Lipinski definition) is 4. The molecule has 1 aliphatic rings. The quantitative estimate of drug-likeness (QED) is 0.864. The van der Waals surface area contributed by atoms with Crippen molar-refractivity contribution < 1.29 is 14.7 Å². The number of carboxylic acid groups (broad SMARTS) is 1. The third-order valence-electron chi connectivity index (χ3n) is 3.74. The molecule has 114 valence electrons. The van der Waals surface area contributed by atoms with Gasteiger partial charge in [0.25, 0.3) is 5.91 Å². The van der Waals surface area contributed by atoms with Crippen molar-refractivity contribution in [2.75, 3.05) is 27.2 Å². The summed E-state index contributed by atoms with van der Waals surface area (Å²) in [6, 6.07) is 2.30. The molecule has 2 rings (SSSR count). The van der Waals surface area contributed by atoms with Gasteiger partial charge in [-0.3, -0.25) is 4.79 Å². The van der Waals surface area contributed by atoms with E-state index in [9.17, 15) is 9.59 Å². The minimum absolute atomic E-state index is 0.0402. The van der Waals surface area contributed by atoms with Gasteiger partial charge >= 0.3 is 5.97 Å². The summed E-state index contributed by atoms with van der Waals surface area (Å²) in [6.07, 6.45) is 4.59. The van der Waals surface area contributed by atoms with Gasteiger partial charge in [0, 0.05) is 35.5 Å². The average molecular weight is 308 g/mol. The van der Waals surface area contributed by atoms with Crippen LogP contribution >= 0.6 is 11.3 Å². The summed E-state index contributed by atoms with van der Waals surface area (Å²) in [5.74, 6) is -0.944. The highest BCUT2D eigenvalue weighted by atomic mass is 32.1. The van der Waals surface area contributed by atoms with Gasteiger partial charge in [0.05, 0.1) is 5.56 Å². The van der Waals surface area contributed by atoms with E-state index in [4.69, 9.17) is 5.11 Å². The molecule has 1 saturated heterocycles. The molecule has 0 aromatic carbocycles. The lowest BCUT2D eigenvalue weighted by Gasteiger charge is -2.35. The number of carbonyl (C=O) groups is 2. The van der Waals surface area contributed by atoms with Gasteiger partial charge in [-0.1, -0.05) is 0 Å². The van der Waals surface area contributed by atoms with Crippen LogP contribution in [0, 0.1) is 0 Å². The van der Waals surface area contributed by atoms with Gasteiger partial charge in [0.2, 0.25) is 0 Å². The van der Waals surface area contributed by atoms with Crippen LogP contribution in [-0.4, -0.2) is 60.0 Å². The molecule has 0 saturated carbocycles. The van der Waals surface area contributed by atoms with E-state index in [2.05, 4.69) is 19.0 Å². The molecule has 1 aromatic rings. The zero-order chi connectivity index (χ0) is 15.4. The number of carboxylic acids is 1. The fraction of sp³-hybridized carbons (Fsp3) is 0.467. The summed E-state index contributed by atoms with van der Waals surface area (Å²) in [4.78, 5) is 27.8. The van der Waals surface area contributed by atoms with E-state index < -0.39 is 5.97 Å². The zero-order valence-corrected chi connectivity index (χ0v) is 13.1. The van der Waals surface area contributed by atoms with Crippen molar-refractivity contribution in [3.63, 3.8) is 0 Å². The summed E-state index contributed by atoms with van der Waals surface area (Å²) in [6.45, 7) is 1.55. The van der Waals surface area contributed by atoms with Crippen LogP contribution in [0.1, 0.15) is 28.1 Å². The summed E-state index contributed by atoms with van der Waals surface area (Å²) in [5.41, 5.74) is 0.647. The predicted molar refractivity (Wildman–Crippen MR) is 83.6 cm³/mol. The van der Waals surface area contributed by atoms with Gasteiger partial charge in [-0.15, -0.1) is 11.3 Å². The molecule has 21 heavy (non-hydrogen) atoms. The van der Waals surface area contributed by atoms with E-state index in [0.717, 1.165) is 36.9 Å². The number of likely N-dealkylation sites (tertiary alicyclic amines) is 1. The molecule has 0 bridgehead atoms. The summed E-state index contributed by atoms with van der Waals surface area (Å²) in [7, 11) is 4.14. The Hall–Kier alpha value is -1.66. The maximum absolute atomic E-state index is 12.4. The minimum atomic E-state index is -0.984. The van der Waals surface area contributed by atoms with Crippen molar-refractivity contribution in [1.29, 1.82) is 0 Å². The number of aliphatic carboxylic acids is 1. The Balaban J connectivity index is 1.96. The van der Waals surface area contributed by atoms with Gasteiger partial charge in [0.15, 0.2) is 0 Å². The van der Waals surface area contributed by atoms with E-state index in [1.165, 1.54) is 17.4 Å². The number of piperidine rings is 1. The number of hydrogen-bond donors (Lipinski definition) is 1. The lowest BCUT2D eigenvalue weighted by molar-refractivity contribution is -0.131. The standard InChI is InChI=1S/C15H20N2O3S/c1-16(2)12-5-7-17(8-6-12)15(20)11-9-13(21-10-11)3-4-14(18)19/h3-4,9-10,12H,5-8H2,1-2H3,(H,18,19). The van der Waals surface area contributed by atoms with Crippen molar-refractivity contribution in [3.8, 4) is 0 Å². The second-order valence-corrected chi connectivity index (χ2v) is 6.34. The van der Waals surface area contributed by atoms with Crippen LogP contribution in [-0.2, 0) is 4.79 Å². The van der Waals surface area contributed by atoms with Gasteiger partial charge in [-0.05, 0) is 39.1 Å². The molecule has 0 atom stereocenters. The Morgan fingerprint density at radius 2 is 2.05 bits per heavy atom. The smallest absolute Gasteiger partial charge is 0.328 e. The Bertz CT molecular complexity index is 543. The summed E-state index contributed by atoms with van der Waals surface area (Å²) >= 11 is 1.38. The molecule has 0 aliphatic carbocycles. The molecular formula is C15H20N2O3S. The van der Waals surface area contributed by atoms with Crippen molar-refractivity contribution >= 4 is 29.3 Å². The number of carbonyl (C=O) groups excluding carboxylic acids is 1. The van der Waals surface area contributed by atoms with Crippen LogP contribution < -0.4 is 0 Å². The summed E-state index contributed by atoms with van der Waals surface area (Å²) in [5, 5.41) is 10.4.